The predicted octanol–water partition coefficient (Wildman–Crippen LogP) is 3.88. The van der Waals surface area contributed by atoms with E-state index in [-0.39, 0.29) is 0 Å². The molecule has 0 aliphatic heterocycles. The summed E-state index contributed by atoms with van der Waals surface area (Å²) in [6.45, 7) is 4.83. The molecule has 0 atom stereocenters. The second-order valence-corrected chi connectivity index (χ2v) is 2.11. The van der Waals surface area contributed by atoms with Crippen molar-refractivity contribution in [2.45, 2.75) is 27.2 Å². The third-order valence-corrected chi connectivity index (χ3v) is 0.667. The number of alkyl halides is 2. The lowest BCUT2D eigenvalue weighted by molar-refractivity contribution is -0.445. The van der Waals surface area contributed by atoms with E-state index in [4.69, 9.17) is 10.1 Å². The largest absolute Gasteiger partial charge is 0.265 e. The molecule has 94 valence electrons. The van der Waals surface area contributed by atoms with Crippen LogP contribution in [0.1, 0.15) is 20.8 Å². The van der Waals surface area contributed by atoms with Gasteiger partial charge in [0.25, 0.3) is 0 Å². The van der Waals surface area contributed by atoms with Gasteiger partial charge in [0.05, 0.1) is 0 Å². The van der Waals surface area contributed by atoms with Crippen LogP contribution in [0.25, 0.3) is 0 Å². The Morgan fingerprint density at radius 3 is 1.12 bits per heavy atom. The monoisotopic (exact) mass is 235 g/mol. The van der Waals surface area contributed by atoms with Gasteiger partial charge in [0.2, 0.25) is 6.43 Å². The molecule has 0 saturated carbocycles. The Labute approximate surface area is 95.3 Å². The lowest BCUT2D eigenvalue weighted by Crippen LogP contribution is -1.79. The molecule has 1 rings (SSSR count). The maximum atomic E-state index is 10.3. The molecule has 16 heavy (non-hydrogen) atoms. The van der Waals surface area contributed by atoms with Crippen molar-refractivity contribution in [2.75, 3.05) is 7.05 Å². The Morgan fingerprint density at radius 2 is 1.06 bits per heavy atom. The Balaban J connectivity index is -0.000000152. The average molecular weight is 235 g/mol. The van der Waals surface area contributed by atoms with Crippen molar-refractivity contribution >= 4 is 0 Å². The van der Waals surface area contributed by atoms with Crippen molar-refractivity contribution in [1.29, 1.82) is 0 Å². The van der Waals surface area contributed by atoms with E-state index in [0.717, 1.165) is 14.0 Å². The smallest absolute Gasteiger partial charge is 0.235 e. The molecule has 0 amide bonds. The lowest BCUT2D eigenvalue weighted by Gasteiger charge is -1.70. The maximum Gasteiger partial charge on any atom is 0.235 e. The van der Waals surface area contributed by atoms with Crippen LogP contribution in [0.4, 0.5) is 8.78 Å². The van der Waals surface area contributed by atoms with Crippen LogP contribution in [0, 0.1) is 10.1 Å². The lowest BCUT2D eigenvalue weighted by atomic mass is 10.4. The minimum atomic E-state index is -2.17. The average Bonchev–Trinajstić information content (AvgIpc) is 2.22. The number of nitrogens with zero attached hydrogens (tertiary/aromatic N) is 1. The second kappa shape index (κ2) is 19.1. The van der Waals surface area contributed by atoms with Crippen molar-refractivity contribution in [3.8, 4) is 0 Å². The van der Waals surface area contributed by atoms with Gasteiger partial charge < -0.3 is 0 Å². The molecule has 0 heterocycles. The number of rotatable bonds is 0. The zero-order valence-corrected chi connectivity index (χ0v) is 10.1. The molecule has 5 heteroatoms. The van der Waals surface area contributed by atoms with Gasteiger partial charge in [-0.1, -0.05) is 50.2 Å². The molecule has 0 fully saturated rings. The molecule has 1 aromatic carbocycles. The van der Waals surface area contributed by atoms with Gasteiger partial charge in [0.1, 0.15) is 0 Å². The number of nitro groups is 1. The summed E-state index contributed by atoms with van der Waals surface area (Å²) in [6.07, 6.45) is -2.17. The third kappa shape index (κ3) is 81.9. The Morgan fingerprint density at radius 1 is 1.00 bits per heavy atom. The van der Waals surface area contributed by atoms with Gasteiger partial charge in [-0.25, -0.2) is 8.78 Å². The summed E-state index contributed by atoms with van der Waals surface area (Å²) < 4.78 is 20.7. The summed E-state index contributed by atoms with van der Waals surface area (Å²) in [7, 11) is 0.889. The maximum absolute atomic E-state index is 10.3. The van der Waals surface area contributed by atoms with E-state index in [1.54, 1.807) is 0 Å². The quantitative estimate of drug-likeness (QED) is 0.506. The Kier molecular flexibility index (Phi) is 23.9. The van der Waals surface area contributed by atoms with E-state index in [0.29, 0.717) is 0 Å². The van der Waals surface area contributed by atoms with Crippen LogP contribution >= 0.6 is 0 Å². The Bertz CT molecular complexity index is 185. The molecule has 3 nitrogen and oxygen atoms in total. The number of hydrogen-bond acceptors (Lipinski definition) is 2. The van der Waals surface area contributed by atoms with E-state index >= 15 is 0 Å². The predicted molar refractivity (Wildman–Crippen MR) is 62.4 cm³/mol. The molecular weight excluding hydrogens is 216 g/mol. The molecule has 0 spiro atoms. The summed E-state index contributed by atoms with van der Waals surface area (Å²) in [5.74, 6) is 0. The third-order valence-electron chi connectivity index (χ3n) is 0.667. The van der Waals surface area contributed by atoms with E-state index in [1.165, 1.54) is 0 Å². The molecule has 0 unspecified atom stereocenters. The molecule has 0 bridgehead atoms. The summed E-state index contributed by atoms with van der Waals surface area (Å²) in [4.78, 5) is 8.31. The summed E-state index contributed by atoms with van der Waals surface area (Å²) in [6, 6.07) is 12.0. The van der Waals surface area contributed by atoms with E-state index in [1.807, 2.05) is 50.2 Å². The van der Waals surface area contributed by atoms with Gasteiger partial charge >= 0.3 is 0 Å². The van der Waals surface area contributed by atoms with Gasteiger partial charge in [-0.05, 0) is 6.92 Å². The molecule has 0 radical (unpaired) electrons. The minimum Gasteiger partial charge on any atom is -0.265 e. The molecule has 1 aromatic rings. The van der Waals surface area contributed by atoms with Gasteiger partial charge in [-0.15, -0.1) is 0 Å². The highest BCUT2D eigenvalue weighted by molar-refractivity contribution is 4.99. The second-order valence-electron chi connectivity index (χ2n) is 2.11. The highest BCUT2D eigenvalue weighted by atomic mass is 19.3. The zero-order valence-electron chi connectivity index (χ0n) is 10.1. The van der Waals surface area contributed by atoms with E-state index in [9.17, 15) is 8.78 Å². The first kappa shape index (κ1) is 20.0. The number of benzene rings is 1. The first-order chi connectivity index (χ1) is 7.46. The van der Waals surface area contributed by atoms with Crippen LogP contribution in [0.5, 0.6) is 0 Å². The fourth-order valence-corrected chi connectivity index (χ4v) is 0.385. The summed E-state index contributed by atoms with van der Waals surface area (Å²) in [5.41, 5.74) is 0. The van der Waals surface area contributed by atoms with Crippen LogP contribution in [-0.4, -0.2) is 18.4 Å². The highest BCUT2D eigenvalue weighted by Gasteiger charge is 1.79. The summed E-state index contributed by atoms with van der Waals surface area (Å²) >= 11 is 0. The van der Waals surface area contributed by atoms with Gasteiger partial charge in [-0.3, -0.25) is 10.1 Å². The van der Waals surface area contributed by atoms with Gasteiger partial charge in [-0.2, -0.15) is 0 Å². The van der Waals surface area contributed by atoms with Crippen molar-refractivity contribution in [2.24, 2.45) is 0 Å². The summed E-state index contributed by atoms with van der Waals surface area (Å²) in [5, 5.41) is 8.81. The van der Waals surface area contributed by atoms with Crippen LogP contribution in [0.15, 0.2) is 36.4 Å². The first-order valence-corrected chi connectivity index (χ1v) is 4.83. The number of hydrogen-bond donors (Lipinski definition) is 0. The fourth-order valence-electron chi connectivity index (χ4n) is 0.385. The van der Waals surface area contributed by atoms with Crippen molar-refractivity contribution < 1.29 is 13.7 Å². The topological polar surface area (TPSA) is 43.1 Å². The van der Waals surface area contributed by atoms with E-state index in [2.05, 4.69) is 0 Å². The van der Waals surface area contributed by atoms with Gasteiger partial charge in [0.15, 0.2) is 7.05 Å². The van der Waals surface area contributed by atoms with Crippen LogP contribution in [-0.2, 0) is 0 Å². The molecule has 0 aliphatic carbocycles. The van der Waals surface area contributed by atoms with Crippen molar-refractivity contribution in [3.05, 3.63) is 46.5 Å². The van der Waals surface area contributed by atoms with Crippen LogP contribution in [0.2, 0.25) is 0 Å². The van der Waals surface area contributed by atoms with Crippen LogP contribution in [0.3, 0.4) is 0 Å². The Hall–Kier alpha value is -1.52. The molecule has 0 aliphatic rings. The van der Waals surface area contributed by atoms with Gasteiger partial charge in [0, 0.05) is 4.92 Å². The standard InChI is InChI=1S/C6H6.C2H4F2.C2H6.CH3NO2/c1-2-4-6-5-3-1;1-2(3)4;1-2;1-2(3)4/h1-6H;2H,1H3;1-2H3;1H3. The molecule has 0 N–H and O–H groups in total. The minimum absolute atomic E-state index is 0.500. The van der Waals surface area contributed by atoms with Crippen molar-refractivity contribution in [1.82, 2.24) is 0 Å². The molecular formula is C11H19F2NO2. The number of halogens is 2. The van der Waals surface area contributed by atoms with Crippen LogP contribution < -0.4 is 0 Å². The molecule has 0 aromatic heterocycles. The van der Waals surface area contributed by atoms with Crippen molar-refractivity contribution in [3.63, 3.8) is 0 Å². The normalized spacial score (nSPS) is 7.19. The fraction of sp³-hybridized carbons (Fsp3) is 0.455. The van der Waals surface area contributed by atoms with E-state index < -0.39 is 11.3 Å². The molecule has 0 saturated heterocycles. The first-order valence-electron chi connectivity index (χ1n) is 4.83. The zero-order chi connectivity index (χ0) is 13.4. The SMILES string of the molecule is CC.CC(F)F.C[N+](=O)[O-].c1ccccc1. The highest BCUT2D eigenvalue weighted by Crippen LogP contribution is 1.82.